The number of carboxylic acid groups (broad SMARTS) is 1. The van der Waals surface area contributed by atoms with Crippen LogP contribution in [0.25, 0.3) is 16.4 Å². The highest BCUT2D eigenvalue weighted by molar-refractivity contribution is 7.12. The lowest BCUT2D eigenvalue weighted by molar-refractivity contribution is 0.0698. The first-order valence-electron chi connectivity index (χ1n) is 5.65. The molecule has 5 nitrogen and oxygen atoms in total. The summed E-state index contributed by atoms with van der Waals surface area (Å²) in [5, 5.41) is 16.0. The molecule has 7 heteroatoms. The normalized spacial score (nSPS) is 10.7. The van der Waals surface area contributed by atoms with E-state index in [0.717, 1.165) is 0 Å². The van der Waals surface area contributed by atoms with E-state index in [4.69, 9.17) is 11.6 Å². The van der Waals surface area contributed by atoms with Crippen LogP contribution in [0.4, 0.5) is 0 Å². The fourth-order valence-electron chi connectivity index (χ4n) is 1.83. The third-order valence-corrected chi connectivity index (χ3v) is 3.79. The molecule has 0 aliphatic carbocycles. The Morgan fingerprint density at radius 3 is 2.65 bits per heavy atom. The maximum Gasteiger partial charge on any atom is 0.341 e. The molecule has 100 valence electrons. The molecule has 2 heterocycles. The third kappa shape index (κ3) is 2.09. The van der Waals surface area contributed by atoms with Crippen molar-refractivity contribution in [2.75, 3.05) is 0 Å². The Morgan fingerprint density at radius 1 is 1.30 bits per heavy atom. The average molecular weight is 306 g/mol. The Morgan fingerprint density at radius 2 is 2.05 bits per heavy atom. The standard InChI is InChI=1S/C13H8ClN3O2S/c14-11-9(12(18)19)10(8-4-2-1-3-5-8)16-17(11)13-15-6-7-20-13/h1-7H,(H,18,19). The molecule has 0 aliphatic heterocycles. The summed E-state index contributed by atoms with van der Waals surface area (Å²) in [6.45, 7) is 0. The predicted octanol–water partition coefficient (Wildman–Crippen LogP) is 3.35. The van der Waals surface area contributed by atoms with Gasteiger partial charge >= 0.3 is 5.97 Å². The lowest BCUT2D eigenvalue weighted by Crippen LogP contribution is -1.99. The largest absolute Gasteiger partial charge is 0.478 e. The third-order valence-electron chi connectivity index (χ3n) is 2.69. The number of rotatable bonds is 3. The minimum absolute atomic E-state index is 0.0203. The molecule has 0 bridgehead atoms. The van der Waals surface area contributed by atoms with Crippen LogP contribution in [0.5, 0.6) is 0 Å². The molecule has 0 radical (unpaired) electrons. The molecule has 0 unspecified atom stereocenters. The summed E-state index contributed by atoms with van der Waals surface area (Å²) >= 11 is 7.48. The van der Waals surface area contributed by atoms with Gasteiger partial charge in [0.1, 0.15) is 11.3 Å². The van der Waals surface area contributed by atoms with Gasteiger partial charge in [-0.05, 0) is 0 Å². The first kappa shape index (κ1) is 12.8. The highest BCUT2D eigenvalue weighted by Gasteiger charge is 2.24. The minimum atomic E-state index is -1.11. The van der Waals surface area contributed by atoms with Gasteiger partial charge in [-0.1, -0.05) is 41.9 Å². The summed E-state index contributed by atoms with van der Waals surface area (Å²) in [5.41, 5.74) is 1.01. The summed E-state index contributed by atoms with van der Waals surface area (Å²) in [7, 11) is 0. The van der Waals surface area contributed by atoms with E-state index in [1.54, 1.807) is 23.7 Å². The van der Waals surface area contributed by atoms with Crippen molar-refractivity contribution in [1.29, 1.82) is 0 Å². The number of aromatic carboxylic acids is 1. The highest BCUT2D eigenvalue weighted by atomic mass is 35.5. The second-order valence-corrected chi connectivity index (χ2v) is 5.14. The van der Waals surface area contributed by atoms with E-state index in [1.807, 2.05) is 18.2 Å². The number of nitrogens with zero attached hydrogens (tertiary/aromatic N) is 3. The van der Waals surface area contributed by atoms with Crippen molar-refractivity contribution in [2.45, 2.75) is 0 Å². The SMILES string of the molecule is O=C(O)c1c(-c2ccccc2)nn(-c2nccs2)c1Cl. The van der Waals surface area contributed by atoms with E-state index in [9.17, 15) is 9.90 Å². The minimum Gasteiger partial charge on any atom is -0.478 e. The number of benzene rings is 1. The quantitative estimate of drug-likeness (QED) is 0.805. The zero-order valence-electron chi connectivity index (χ0n) is 10.0. The molecule has 3 aromatic rings. The topological polar surface area (TPSA) is 68.0 Å². The van der Waals surface area contributed by atoms with Gasteiger partial charge in [-0.2, -0.15) is 9.78 Å². The Balaban J connectivity index is 2.25. The fourth-order valence-corrected chi connectivity index (χ4v) is 2.77. The van der Waals surface area contributed by atoms with Crippen molar-refractivity contribution >= 4 is 28.9 Å². The number of thiazole rings is 1. The van der Waals surface area contributed by atoms with E-state index in [0.29, 0.717) is 16.4 Å². The van der Waals surface area contributed by atoms with Crippen LogP contribution in [0.2, 0.25) is 5.15 Å². The molecule has 1 N–H and O–H groups in total. The van der Waals surface area contributed by atoms with Crippen LogP contribution in [0, 0.1) is 0 Å². The summed E-state index contributed by atoms with van der Waals surface area (Å²) in [5.74, 6) is -1.11. The molecule has 0 saturated heterocycles. The molecule has 0 fully saturated rings. The molecule has 0 aliphatic rings. The second kappa shape index (κ2) is 5.07. The summed E-state index contributed by atoms with van der Waals surface area (Å²) < 4.78 is 1.35. The van der Waals surface area contributed by atoms with E-state index >= 15 is 0 Å². The van der Waals surface area contributed by atoms with Gasteiger partial charge in [-0.25, -0.2) is 9.78 Å². The van der Waals surface area contributed by atoms with Crippen LogP contribution in [-0.4, -0.2) is 25.8 Å². The van der Waals surface area contributed by atoms with Crippen molar-refractivity contribution in [3.8, 4) is 16.4 Å². The molecule has 20 heavy (non-hydrogen) atoms. The number of aromatic nitrogens is 3. The van der Waals surface area contributed by atoms with Crippen LogP contribution in [0.1, 0.15) is 10.4 Å². The van der Waals surface area contributed by atoms with Crippen molar-refractivity contribution < 1.29 is 9.90 Å². The van der Waals surface area contributed by atoms with Gasteiger partial charge in [-0.3, -0.25) is 0 Å². The van der Waals surface area contributed by atoms with Gasteiger partial charge in [0.05, 0.1) is 0 Å². The van der Waals surface area contributed by atoms with Crippen molar-refractivity contribution in [2.24, 2.45) is 0 Å². The Kier molecular flexibility index (Phi) is 3.25. The van der Waals surface area contributed by atoms with E-state index in [2.05, 4.69) is 10.1 Å². The summed E-state index contributed by atoms with van der Waals surface area (Å²) in [6.07, 6.45) is 1.61. The van der Waals surface area contributed by atoms with Crippen molar-refractivity contribution in [3.05, 3.63) is 52.6 Å². The average Bonchev–Trinajstić information content (AvgIpc) is 3.06. The first-order chi connectivity index (χ1) is 9.68. The van der Waals surface area contributed by atoms with Crippen LogP contribution < -0.4 is 0 Å². The van der Waals surface area contributed by atoms with Gasteiger partial charge in [0.25, 0.3) is 0 Å². The number of hydrogen-bond acceptors (Lipinski definition) is 4. The molecule has 3 rings (SSSR count). The number of halogens is 1. The summed E-state index contributed by atoms with van der Waals surface area (Å²) in [4.78, 5) is 15.5. The van der Waals surface area contributed by atoms with Crippen molar-refractivity contribution in [3.63, 3.8) is 0 Å². The van der Waals surface area contributed by atoms with Crippen LogP contribution in [0.15, 0.2) is 41.9 Å². The fraction of sp³-hybridized carbons (Fsp3) is 0. The maximum absolute atomic E-state index is 11.4. The monoisotopic (exact) mass is 305 g/mol. The number of carbonyl (C=O) groups is 1. The van der Waals surface area contributed by atoms with Gasteiger partial charge in [0, 0.05) is 17.1 Å². The molecule has 1 aromatic carbocycles. The molecular formula is C13H8ClN3O2S. The zero-order chi connectivity index (χ0) is 14.1. The van der Waals surface area contributed by atoms with Gasteiger partial charge in [0.15, 0.2) is 5.15 Å². The van der Waals surface area contributed by atoms with Crippen LogP contribution >= 0.6 is 22.9 Å². The molecule has 2 aromatic heterocycles. The maximum atomic E-state index is 11.4. The van der Waals surface area contributed by atoms with Gasteiger partial charge < -0.3 is 5.11 Å². The highest BCUT2D eigenvalue weighted by Crippen LogP contribution is 2.31. The Bertz CT molecular complexity index is 754. The zero-order valence-corrected chi connectivity index (χ0v) is 11.6. The van der Waals surface area contributed by atoms with Crippen molar-refractivity contribution in [1.82, 2.24) is 14.8 Å². The Hall–Kier alpha value is -2.18. The molecular weight excluding hydrogens is 298 g/mol. The Labute approximate surface area is 123 Å². The lowest BCUT2D eigenvalue weighted by Gasteiger charge is -1.97. The van der Waals surface area contributed by atoms with E-state index in [-0.39, 0.29) is 10.7 Å². The van der Waals surface area contributed by atoms with Gasteiger partial charge in [0.2, 0.25) is 5.13 Å². The molecule has 0 saturated carbocycles. The van der Waals surface area contributed by atoms with E-state index < -0.39 is 5.97 Å². The lowest BCUT2D eigenvalue weighted by atomic mass is 10.1. The van der Waals surface area contributed by atoms with Crippen LogP contribution in [0.3, 0.4) is 0 Å². The van der Waals surface area contributed by atoms with Gasteiger partial charge in [-0.15, -0.1) is 11.3 Å². The second-order valence-electron chi connectivity index (χ2n) is 3.91. The predicted molar refractivity (Wildman–Crippen MR) is 76.6 cm³/mol. The smallest absolute Gasteiger partial charge is 0.341 e. The number of carboxylic acids is 1. The van der Waals surface area contributed by atoms with E-state index in [1.165, 1.54) is 16.0 Å². The number of hydrogen-bond donors (Lipinski definition) is 1. The molecule has 0 atom stereocenters. The molecule has 0 amide bonds. The summed E-state index contributed by atoms with van der Waals surface area (Å²) in [6, 6.07) is 9.06. The van der Waals surface area contributed by atoms with Crippen LogP contribution in [-0.2, 0) is 0 Å². The molecule has 0 spiro atoms. The first-order valence-corrected chi connectivity index (χ1v) is 6.91.